The van der Waals surface area contributed by atoms with Crippen LogP contribution in [0.25, 0.3) is 16.8 Å². The Morgan fingerprint density at radius 2 is 1.59 bits per heavy atom. The third kappa shape index (κ3) is 2.33. The van der Waals surface area contributed by atoms with Gasteiger partial charge in [0.2, 0.25) is 0 Å². The van der Waals surface area contributed by atoms with Gasteiger partial charge >= 0.3 is 0 Å². The number of fused-ring (bicyclic) bond motifs is 1. The minimum atomic E-state index is 1.27. The molecule has 0 aliphatic rings. The first-order valence-electron chi connectivity index (χ1n) is 5.93. The molecule has 0 amide bonds. The Labute approximate surface area is 103 Å². The molecular formula is C16H19N. The summed E-state index contributed by atoms with van der Waals surface area (Å²) in [6.45, 7) is 4.27. The molecule has 1 heteroatoms. The van der Waals surface area contributed by atoms with Gasteiger partial charge in [-0.1, -0.05) is 42.0 Å². The second kappa shape index (κ2) is 4.62. The number of nitrogens with zero attached hydrogens (tertiary/aromatic N) is 1. The number of rotatable bonds is 2. The summed E-state index contributed by atoms with van der Waals surface area (Å²) in [5.74, 6) is 0. The third-order valence-electron chi connectivity index (χ3n) is 2.86. The van der Waals surface area contributed by atoms with E-state index in [0.29, 0.717) is 0 Å². The highest BCUT2D eigenvalue weighted by atomic mass is 15.1. The molecule has 0 N–H and O–H groups in total. The molecule has 0 atom stereocenters. The van der Waals surface area contributed by atoms with Crippen molar-refractivity contribution >= 4 is 22.5 Å². The van der Waals surface area contributed by atoms with E-state index in [-0.39, 0.29) is 0 Å². The van der Waals surface area contributed by atoms with Crippen molar-refractivity contribution in [2.24, 2.45) is 0 Å². The van der Waals surface area contributed by atoms with Gasteiger partial charge in [0.1, 0.15) is 0 Å². The van der Waals surface area contributed by atoms with Crippen LogP contribution >= 0.6 is 0 Å². The maximum atomic E-state index is 2.24. The maximum Gasteiger partial charge on any atom is 0.0441 e. The fourth-order valence-electron chi connectivity index (χ4n) is 2.13. The summed E-state index contributed by atoms with van der Waals surface area (Å²) < 4.78 is 0. The lowest BCUT2D eigenvalue weighted by Crippen LogP contribution is -2.09. The van der Waals surface area contributed by atoms with Crippen LogP contribution in [-0.2, 0) is 0 Å². The molecule has 0 heterocycles. The van der Waals surface area contributed by atoms with E-state index < -0.39 is 0 Å². The molecule has 1 nitrogen and oxygen atoms in total. The van der Waals surface area contributed by atoms with Crippen molar-refractivity contribution < 1.29 is 0 Å². The zero-order valence-electron chi connectivity index (χ0n) is 11.0. The average molecular weight is 225 g/mol. The first-order chi connectivity index (χ1) is 8.09. The predicted molar refractivity (Wildman–Crippen MR) is 77.6 cm³/mol. The third-order valence-corrected chi connectivity index (χ3v) is 2.86. The molecule has 0 radical (unpaired) electrons. The van der Waals surface area contributed by atoms with E-state index >= 15 is 0 Å². The number of anilines is 1. The van der Waals surface area contributed by atoms with Crippen LogP contribution < -0.4 is 4.90 Å². The molecule has 2 rings (SSSR count). The molecule has 0 saturated heterocycles. The highest BCUT2D eigenvalue weighted by Crippen LogP contribution is 2.29. The predicted octanol–water partition coefficient (Wildman–Crippen LogP) is 4.33. The molecule has 0 saturated carbocycles. The summed E-state index contributed by atoms with van der Waals surface area (Å²) in [6.07, 6.45) is 2.24. The SMILES string of the molecule is CC(C)=Cc1ccc(N(C)C)c2ccccc12. The monoisotopic (exact) mass is 225 g/mol. The first-order valence-corrected chi connectivity index (χ1v) is 5.93. The fraction of sp³-hybridized carbons (Fsp3) is 0.250. The van der Waals surface area contributed by atoms with Crippen LogP contribution in [0.2, 0.25) is 0 Å². The molecule has 0 bridgehead atoms. The molecule has 0 spiro atoms. The lowest BCUT2D eigenvalue weighted by atomic mass is 10.0. The number of allylic oxidation sites excluding steroid dienone is 1. The highest BCUT2D eigenvalue weighted by Gasteiger charge is 2.05. The van der Waals surface area contributed by atoms with Crippen molar-refractivity contribution in [1.29, 1.82) is 0 Å². The minimum absolute atomic E-state index is 1.27. The van der Waals surface area contributed by atoms with E-state index in [0.717, 1.165) is 0 Å². The first kappa shape index (κ1) is 11.7. The van der Waals surface area contributed by atoms with Crippen molar-refractivity contribution in [3.05, 3.63) is 47.5 Å². The smallest absolute Gasteiger partial charge is 0.0441 e. The van der Waals surface area contributed by atoms with Gasteiger partial charge in [0.25, 0.3) is 0 Å². The fourth-order valence-corrected chi connectivity index (χ4v) is 2.13. The average Bonchev–Trinajstić information content (AvgIpc) is 2.28. The molecule has 0 aliphatic carbocycles. The van der Waals surface area contributed by atoms with Crippen molar-refractivity contribution in [2.45, 2.75) is 13.8 Å². The van der Waals surface area contributed by atoms with Gasteiger partial charge in [0.15, 0.2) is 0 Å². The molecule has 0 aromatic heterocycles. The Morgan fingerprint density at radius 3 is 2.18 bits per heavy atom. The topological polar surface area (TPSA) is 3.24 Å². The van der Waals surface area contributed by atoms with E-state index in [2.05, 4.69) is 75.3 Å². The van der Waals surface area contributed by atoms with E-state index in [1.54, 1.807) is 0 Å². The Kier molecular flexibility index (Phi) is 3.19. The number of benzene rings is 2. The Balaban J connectivity index is 2.75. The maximum absolute atomic E-state index is 2.24. The van der Waals surface area contributed by atoms with Gasteiger partial charge < -0.3 is 4.90 Å². The van der Waals surface area contributed by atoms with Crippen LogP contribution in [0.3, 0.4) is 0 Å². The molecule has 2 aromatic rings. The van der Waals surface area contributed by atoms with E-state index in [9.17, 15) is 0 Å². The summed E-state index contributed by atoms with van der Waals surface area (Å²) >= 11 is 0. The van der Waals surface area contributed by atoms with Crippen LogP contribution in [0.5, 0.6) is 0 Å². The molecule has 0 aliphatic heterocycles. The molecule has 0 unspecified atom stereocenters. The zero-order chi connectivity index (χ0) is 12.4. The highest BCUT2D eigenvalue weighted by molar-refractivity contribution is 5.99. The van der Waals surface area contributed by atoms with Crippen molar-refractivity contribution in [3.63, 3.8) is 0 Å². The van der Waals surface area contributed by atoms with Crippen LogP contribution in [-0.4, -0.2) is 14.1 Å². The molecule has 88 valence electrons. The van der Waals surface area contributed by atoms with Crippen molar-refractivity contribution in [2.75, 3.05) is 19.0 Å². The molecular weight excluding hydrogens is 206 g/mol. The normalized spacial score (nSPS) is 10.4. The van der Waals surface area contributed by atoms with Crippen molar-refractivity contribution in [3.8, 4) is 0 Å². The second-order valence-electron chi connectivity index (χ2n) is 4.84. The van der Waals surface area contributed by atoms with E-state index in [4.69, 9.17) is 0 Å². The lowest BCUT2D eigenvalue weighted by Gasteiger charge is -2.16. The quantitative estimate of drug-likeness (QED) is 0.735. The van der Waals surface area contributed by atoms with Crippen LogP contribution in [0.4, 0.5) is 5.69 Å². The molecule has 2 aromatic carbocycles. The van der Waals surface area contributed by atoms with Crippen LogP contribution in [0.15, 0.2) is 42.0 Å². The summed E-state index contributed by atoms with van der Waals surface area (Å²) in [4.78, 5) is 2.16. The Morgan fingerprint density at radius 1 is 0.941 bits per heavy atom. The van der Waals surface area contributed by atoms with Gasteiger partial charge in [-0.05, 0) is 30.9 Å². The Hall–Kier alpha value is -1.76. The molecule has 0 fully saturated rings. The zero-order valence-corrected chi connectivity index (χ0v) is 11.0. The van der Waals surface area contributed by atoms with Crippen LogP contribution in [0, 0.1) is 0 Å². The van der Waals surface area contributed by atoms with Gasteiger partial charge in [-0.25, -0.2) is 0 Å². The van der Waals surface area contributed by atoms with E-state index in [1.165, 1.54) is 27.6 Å². The lowest BCUT2D eigenvalue weighted by molar-refractivity contribution is 1.14. The summed E-state index contributed by atoms with van der Waals surface area (Å²) in [7, 11) is 4.17. The number of hydrogen-bond donors (Lipinski definition) is 0. The standard InChI is InChI=1S/C16H19N/c1-12(2)11-13-9-10-16(17(3)4)15-8-6-5-7-14(13)15/h5-11H,1-4H3. The van der Waals surface area contributed by atoms with Gasteiger partial charge in [-0.15, -0.1) is 0 Å². The Bertz CT molecular complexity index is 561. The summed E-state index contributed by atoms with van der Waals surface area (Å²) in [6, 6.07) is 13.0. The van der Waals surface area contributed by atoms with Crippen LogP contribution in [0.1, 0.15) is 19.4 Å². The largest absolute Gasteiger partial charge is 0.377 e. The van der Waals surface area contributed by atoms with Gasteiger partial charge in [0, 0.05) is 25.2 Å². The summed E-state index contributed by atoms with van der Waals surface area (Å²) in [5, 5.41) is 2.63. The summed E-state index contributed by atoms with van der Waals surface area (Å²) in [5.41, 5.74) is 3.89. The molecule has 17 heavy (non-hydrogen) atoms. The number of hydrogen-bond acceptors (Lipinski definition) is 1. The second-order valence-corrected chi connectivity index (χ2v) is 4.84. The van der Waals surface area contributed by atoms with E-state index in [1.807, 2.05) is 0 Å². The van der Waals surface area contributed by atoms with Gasteiger partial charge in [0.05, 0.1) is 0 Å². The van der Waals surface area contributed by atoms with Crippen molar-refractivity contribution in [1.82, 2.24) is 0 Å². The van der Waals surface area contributed by atoms with Gasteiger partial charge in [-0.2, -0.15) is 0 Å². The minimum Gasteiger partial charge on any atom is -0.377 e. The van der Waals surface area contributed by atoms with Gasteiger partial charge in [-0.3, -0.25) is 0 Å².